The Morgan fingerprint density at radius 3 is 2.70 bits per heavy atom. The van der Waals surface area contributed by atoms with E-state index in [-0.39, 0.29) is 18.0 Å². The van der Waals surface area contributed by atoms with Crippen LogP contribution in [0.4, 0.5) is 0 Å². The van der Waals surface area contributed by atoms with Gasteiger partial charge in [-0.2, -0.15) is 0 Å². The zero-order valence-electron chi connectivity index (χ0n) is 11.8. The van der Waals surface area contributed by atoms with Crippen molar-refractivity contribution in [2.75, 3.05) is 0 Å². The van der Waals surface area contributed by atoms with Crippen LogP contribution in [0.25, 0.3) is 0 Å². The summed E-state index contributed by atoms with van der Waals surface area (Å²) < 4.78 is 10.7. The normalized spacial score (nSPS) is 17.0. The molecule has 0 bridgehead atoms. The lowest BCUT2D eigenvalue weighted by Gasteiger charge is -2.26. The lowest BCUT2D eigenvalue weighted by atomic mass is 9.88. The minimum absolute atomic E-state index is 0.293. The van der Waals surface area contributed by atoms with E-state index in [1.807, 2.05) is 12.1 Å². The third-order valence-corrected chi connectivity index (χ3v) is 3.26. The number of hydrogen-bond donors (Lipinski definition) is 0. The summed E-state index contributed by atoms with van der Waals surface area (Å²) in [6.45, 7) is 6.59. The summed E-state index contributed by atoms with van der Waals surface area (Å²) in [7, 11) is 0. The first kappa shape index (κ1) is 14.3. The first-order chi connectivity index (χ1) is 9.49. The minimum Gasteiger partial charge on any atom is -0.454 e. The van der Waals surface area contributed by atoms with Gasteiger partial charge in [0.15, 0.2) is 0 Å². The standard InChI is InChI=1S/C16H18O4/c1-10(2)16(18)20-15-9-5-6-12-13(15)7-4-8-14(12)19-11(3)17/h4,7-8,15H,1,5-6,9H2,2-3H3. The van der Waals surface area contributed by atoms with Gasteiger partial charge >= 0.3 is 11.9 Å². The van der Waals surface area contributed by atoms with Crippen molar-refractivity contribution in [2.45, 2.75) is 39.2 Å². The Morgan fingerprint density at radius 2 is 2.05 bits per heavy atom. The third kappa shape index (κ3) is 3.07. The van der Waals surface area contributed by atoms with Crippen molar-refractivity contribution in [3.8, 4) is 5.75 Å². The van der Waals surface area contributed by atoms with E-state index in [0.29, 0.717) is 11.3 Å². The summed E-state index contributed by atoms with van der Waals surface area (Å²) in [5, 5.41) is 0. The molecule has 0 aromatic heterocycles. The SMILES string of the molecule is C=C(C)C(=O)OC1CCCc2c(OC(C)=O)cccc21. The topological polar surface area (TPSA) is 52.6 Å². The molecule has 0 radical (unpaired) electrons. The Kier molecular flexibility index (Phi) is 4.23. The van der Waals surface area contributed by atoms with Crippen molar-refractivity contribution in [1.29, 1.82) is 0 Å². The van der Waals surface area contributed by atoms with Gasteiger partial charge in [0.2, 0.25) is 0 Å². The van der Waals surface area contributed by atoms with E-state index in [9.17, 15) is 9.59 Å². The van der Waals surface area contributed by atoms with Crippen LogP contribution in [0.3, 0.4) is 0 Å². The highest BCUT2D eigenvalue weighted by Gasteiger charge is 2.26. The molecule has 4 heteroatoms. The van der Waals surface area contributed by atoms with E-state index in [2.05, 4.69) is 6.58 Å². The molecule has 0 saturated carbocycles. The monoisotopic (exact) mass is 274 g/mol. The Labute approximate surface area is 118 Å². The van der Waals surface area contributed by atoms with E-state index in [1.54, 1.807) is 13.0 Å². The second kappa shape index (κ2) is 5.90. The van der Waals surface area contributed by atoms with Crippen LogP contribution >= 0.6 is 0 Å². The van der Waals surface area contributed by atoms with E-state index in [4.69, 9.17) is 9.47 Å². The van der Waals surface area contributed by atoms with E-state index in [1.165, 1.54) is 6.92 Å². The molecule has 20 heavy (non-hydrogen) atoms. The van der Waals surface area contributed by atoms with Crippen molar-refractivity contribution in [2.24, 2.45) is 0 Å². The van der Waals surface area contributed by atoms with Crippen LogP contribution in [0.2, 0.25) is 0 Å². The molecule has 0 spiro atoms. The summed E-state index contributed by atoms with van der Waals surface area (Å²) in [4.78, 5) is 22.8. The highest BCUT2D eigenvalue weighted by atomic mass is 16.5. The largest absolute Gasteiger partial charge is 0.454 e. The molecule has 1 unspecified atom stereocenters. The molecule has 1 aromatic carbocycles. The summed E-state index contributed by atoms with van der Waals surface area (Å²) in [5.74, 6) is -0.175. The number of esters is 2. The van der Waals surface area contributed by atoms with Gasteiger partial charge in [0.05, 0.1) is 0 Å². The summed E-state index contributed by atoms with van der Waals surface area (Å²) >= 11 is 0. The van der Waals surface area contributed by atoms with Gasteiger partial charge in [-0.25, -0.2) is 4.79 Å². The zero-order chi connectivity index (χ0) is 14.7. The molecule has 0 fully saturated rings. The molecule has 106 valence electrons. The predicted molar refractivity (Wildman–Crippen MR) is 74.3 cm³/mol. The van der Waals surface area contributed by atoms with E-state index < -0.39 is 0 Å². The van der Waals surface area contributed by atoms with Crippen molar-refractivity contribution in [3.05, 3.63) is 41.5 Å². The molecule has 1 aliphatic rings. The molecular formula is C16H18O4. The van der Waals surface area contributed by atoms with Gasteiger partial charge in [0, 0.05) is 18.1 Å². The van der Waals surface area contributed by atoms with Crippen LogP contribution < -0.4 is 4.74 Å². The number of rotatable bonds is 3. The van der Waals surface area contributed by atoms with Crippen LogP contribution in [-0.2, 0) is 20.7 Å². The van der Waals surface area contributed by atoms with Crippen LogP contribution in [0, 0.1) is 0 Å². The number of benzene rings is 1. The highest BCUT2D eigenvalue weighted by Crippen LogP contribution is 2.37. The fourth-order valence-electron chi connectivity index (χ4n) is 2.37. The number of fused-ring (bicyclic) bond motifs is 1. The average molecular weight is 274 g/mol. The van der Waals surface area contributed by atoms with Crippen LogP contribution in [0.5, 0.6) is 5.75 Å². The molecule has 1 atom stereocenters. The Morgan fingerprint density at radius 1 is 1.30 bits per heavy atom. The highest BCUT2D eigenvalue weighted by molar-refractivity contribution is 5.87. The van der Waals surface area contributed by atoms with Crippen molar-refractivity contribution < 1.29 is 19.1 Å². The molecule has 1 aromatic rings. The van der Waals surface area contributed by atoms with Crippen molar-refractivity contribution in [3.63, 3.8) is 0 Å². The number of carbonyl (C=O) groups is 2. The molecule has 0 saturated heterocycles. The molecule has 0 amide bonds. The van der Waals surface area contributed by atoms with Crippen LogP contribution in [0.15, 0.2) is 30.4 Å². The fraction of sp³-hybridized carbons (Fsp3) is 0.375. The third-order valence-electron chi connectivity index (χ3n) is 3.26. The summed E-state index contributed by atoms with van der Waals surface area (Å²) in [6.07, 6.45) is 2.19. The first-order valence-corrected chi connectivity index (χ1v) is 6.65. The molecule has 0 N–H and O–H groups in total. The molecule has 1 aliphatic carbocycles. The maximum Gasteiger partial charge on any atom is 0.333 e. The lowest BCUT2D eigenvalue weighted by Crippen LogP contribution is -2.18. The second-order valence-electron chi connectivity index (χ2n) is 4.98. The molecule has 0 heterocycles. The summed E-state index contributed by atoms with van der Waals surface area (Å²) in [6, 6.07) is 5.49. The molecule has 0 aliphatic heterocycles. The van der Waals surface area contributed by atoms with Gasteiger partial charge in [0.25, 0.3) is 0 Å². The number of ether oxygens (including phenoxy) is 2. The Hall–Kier alpha value is -2.10. The van der Waals surface area contributed by atoms with Gasteiger partial charge in [-0.05, 0) is 37.8 Å². The molecule has 2 rings (SSSR count). The first-order valence-electron chi connectivity index (χ1n) is 6.65. The lowest BCUT2D eigenvalue weighted by molar-refractivity contribution is -0.145. The molecular weight excluding hydrogens is 256 g/mol. The van der Waals surface area contributed by atoms with E-state index in [0.717, 1.165) is 30.4 Å². The van der Waals surface area contributed by atoms with E-state index >= 15 is 0 Å². The van der Waals surface area contributed by atoms with Gasteiger partial charge in [-0.1, -0.05) is 18.7 Å². The van der Waals surface area contributed by atoms with Crippen LogP contribution in [0.1, 0.15) is 43.9 Å². The van der Waals surface area contributed by atoms with Crippen molar-refractivity contribution >= 4 is 11.9 Å². The quantitative estimate of drug-likeness (QED) is 0.483. The van der Waals surface area contributed by atoms with Gasteiger partial charge < -0.3 is 9.47 Å². The molecule has 4 nitrogen and oxygen atoms in total. The number of carbonyl (C=O) groups excluding carboxylic acids is 2. The van der Waals surface area contributed by atoms with Gasteiger partial charge in [-0.15, -0.1) is 0 Å². The van der Waals surface area contributed by atoms with Gasteiger partial charge in [0.1, 0.15) is 11.9 Å². The summed E-state index contributed by atoms with van der Waals surface area (Å²) in [5.41, 5.74) is 2.26. The zero-order valence-corrected chi connectivity index (χ0v) is 11.8. The maximum atomic E-state index is 11.7. The van der Waals surface area contributed by atoms with Crippen LogP contribution in [-0.4, -0.2) is 11.9 Å². The average Bonchev–Trinajstić information content (AvgIpc) is 2.39. The minimum atomic E-state index is -0.388. The number of hydrogen-bond acceptors (Lipinski definition) is 4. The fourth-order valence-corrected chi connectivity index (χ4v) is 2.37. The smallest absolute Gasteiger partial charge is 0.333 e. The Bertz CT molecular complexity index is 560. The van der Waals surface area contributed by atoms with Crippen molar-refractivity contribution in [1.82, 2.24) is 0 Å². The second-order valence-corrected chi connectivity index (χ2v) is 4.98. The predicted octanol–water partition coefficient (Wildman–Crippen LogP) is 3.11. The van der Waals surface area contributed by atoms with Gasteiger partial charge in [-0.3, -0.25) is 4.79 Å². The maximum absolute atomic E-state index is 11.7. The Balaban J connectivity index is 2.29.